The molecule has 0 unspecified atom stereocenters. The molecule has 0 fully saturated rings. The summed E-state index contributed by atoms with van der Waals surface area (Å²) in [5.41, 5.74) is 0.687. The second-order valence-corrected chi connectivity index (χ2v) is 7.77. The number of primary sulfonamides is 1. The fraction of sp³-hybridized carbons (Fsp3) is 0.200. The van der Waals surface area contributed by atoms with Gasteiger partial charge in [0.15, 0.2) is 11.7 Å². The average Bonchev–Trinajstić information content (AvgIpc) is 3.19. The van der Waals surface area contributed by atoms with Crippen LogP contribution in [0.1, 0.15) is 12.3 Å². The number of sulfonamides is 1. The molecule has 0 spiro atoms. The first-order valence-electron chi connectivity index (χ1n) is 8.93. The van der Waals surface area contributed by atoms with Gasteiger partial charge in [0.25, 0.3) is 0 Å². The van der Waals surface area contributed by atoms with Gasteiger partial charge in [-0.05, 0) is 48.5 Å². The molecule has 1 aromatic heterocycles. The van der Waals surface area contributed by atoms with Crippen LogP contribution in [0.3, 0.4) is 0 Å². The van der Waals surface area contributed by atoms with E-state index in [0.717, 1.165) is 0 Å². The van der Waals surface area contributed by atoms with Gasteiger partial charge in [-0.3, -0.25) is 4.79 Å². The maximum Gasteiger partial charge on any atom is 0.306 e. The number of carbonyl (C=O) groups excluding carboxylic acids is 1. The van der Waals surface area contributed by atoms with Crippen molar-refractivity contribution in [3.05, 3.63) is 66.4 Å². The van der Waals surface area contributed by atoms with Crippen LogP contribution in [0.25, 0.3) is 11.3 Å². The number of aryl methyl sites for hydroxylation is 1. The van der Waals surface area contributed by atoms with Crippen molar-refractivity contribution in [1.82, 2.24) is 4.98 Å². The summed E-state index contributed by atoms with van der Waals surface area (Å²) >= 11 is 0. The molecule has 0 radical (unpaired) electrons. The normalized spacial score (nSPS) is 11.3. The SMILES string of the molecule is NS(=O)(=O)c1ccc(OCCOC(=O)CCc2ncc(-c3ccc(F)cc3)o2)cc1. The number of rotatable bonds is 9. The molecular formula is C20H19FN2O6S. The predicted octanol–water partition coefficient (Wildman–Crippen LogP) is 2.68. The van der Waals surface area contributed by atoms with Crippen molar-refractivity contribution in [3.63, 3.8) is 0 Å². The van der Waals surface area contributed by atoms with Gasteiger partial charge in [-0.25, -0.2) is 22.9 Å². The Morgan fingerprint density at radius 3 is 2.43 bits per heavy atom. The van der Waals surface area contributed by atoms with Crippen molar-refractivity contribution in [1.29, 1.82) is 0 Å². The number of benzene rings is 2. The summed E-state index contributed by atoms with van der Waals surface area (Å²) < 4.78 is 51.3. The van der Waals surface area contributed by atoms with E-state index in [2.05, 4.69) is 4.98 Å². The molecule has 0 saturated carbocycles. The standard InChI is InChI=1S/C20H19FN2O6S/c21-15-3-1-14(2-4-15)18-13-23-19(29-18)9-10-20(24)28-12-11-27-16-5-7-17(8-6-16)30(22,25)26/h1-8,13H,9-12H2,(H2,22,25,26). The second-order valence-electron chi connectivity index (χ2n) is 6.21. The smallest absolute Gasteiger partial charge is 0.306 e. The number of oxazole rings is 1. The molecule has 0 bridgehead atoms. The van der Waals surface area contributed by atoms with Gasteiger partial charge in [0.2, 0.25) is 10.0 Å². The summed E-state index contributed by atoms with van der Waals surface area (Å²) in [4.78, 5) is 15.9. The molecule has 10 heteroatoms. The minimum atomic E-state index is -3.75. The van der Waals surface area contributed by atoms with E-state index < -0.39 is 16.0 Å². The first-order chi connectivity index (χ1) is 14.3. The number of hydrogen-bond donors (Lipinski definition) is 1. The van der Waals surface area contributed by atoms with Gasteiger partial charge in [-0.15, -0.1) is 0 Å². The molecule has 0 atom stereocenters. The van der Waals surface area contributed by atoms with E-state index in [1.807, 2.05) is 0 Å². The third kappa shape index (κ3) is 6.13. The molecule has 2 N–H and O–H groups in total. The van der Waals surface area contributed by atoms with Crippen LogP contribution < -0.4 is 9.88 Å². The lowest BCUT2D eigenvalue weighted by Gasteiger charge is -2.07. The number of nitrogens with zero attached hydrogens (tertiary/aromatic N) is 1. The lowest BCUT2D eigenvalue weighted by atomic mass is 10.2. The summed E-state index contributed by atoms with van der Waals surface area (Å²) in [6.45, 7) is 0.135. The zero-order valence-corrected chi connectivity index (χ0v) is 16.6. The van der Waals surface area contributed by atoms with Crippen LogP contribution in [0.4, 0.5) is 4.39 Å². The fourth-order valence-electron chi connectivity index (χ4n) is 2.50. The van der Waals surface area contributed by atoms with Gasteiger partial charge in [-0.2, -0.15) is 0 Å². The molecule has 3 aromatic rings. The summed E-state index contributed by atoms with van der Waals surface area (Å²) in [7, 11) is -3.75. The molecule has 158 valence electrons. The van der Waals surface area contributed by atoms with Crippen LogP contribution in [-0.4, -0.2) is 32.6 Å². The van der Waals surface area contributed by atoms with E-state index in [1.54, 1.807) is 12.1 Å². The quantitative estimate of drug-likeness (QED) is 0.406. The first kappa shape index (κ1) is 21.5. The van der Waals surface area contributed by atoms with Crippen LogP contribution in [0.2, 0.25) is 0 Å². The lowest BCUT2D eigenvalue weighted by Crippen LogP contribution is -2.13. The van der Waals surface area contributed by atoms with E-state index in [0.29, 0.717) is 23.0 Å². The molecule has 0 saturated heterocycles. The van der Waals surface area contributed by atoms with Gasteiger partial charge in [0, 0.05) is 12.0 Å². The Morgan fingerprint density at radius 2 is 1.77 bits per heavy atom. The van der Waals surface area contributed by atoms with Crippen molar-refractivity contribution >= 4 is 16.0 Å². The number of nitrogens with two attached hydrogens (primary N) is 1. The maximum atomic E-state index is 13.0. The van der Waals surface area contributed by atoms with Crippen molar-refractivity contribution in [2.24, 2.45) is 5.14 Å². The first-order valence-corrected chi connectivity index (χ1v) is 10.5. The van der Waals surface area contributed by atoms with Crippen molar-refractivity contribution in [3.8, 4) is 17.1 Å². The van der Waals surface area contributed by atoms with E-state index >= 15 is 0 Å². The Balaban J connectivity index is 1.38. The molecular weight excluding hydrogens is 415 g/mol. The van der Waals surface area contributed by atoms with E-state index in [1.165, 1.54) is 42.6 Å². The Morgan fingerprint density at radius 1 is 1.07 bits per heavy atom. The van der Waals surface area contributed by atoms with Crippen LogP contribution in [0.15, 0.2) is 64.0 Å². The second kappa shape index (κ2) is 9.51. The summed E-state index contributed by atoms with van der Waals surface area (Å²) in [5.74, 6) is 0.500. The zero-order chi connectivity index (χ0) is 21.6. The lowest BCUT2D eigenvalue weighted by molar-refractivity contribution is -0.144. The Labute approximate surface area is 172 Å². The van der Waals surface area contributed by atoms with E-state index in [9.17, 15) is 17.6 Å². The van der Waals surface area contributed by atoms with E-state index in [-0.39, 0.29) is 36.8 Å². The van der Waals surface area contributed by atoms with Crippen molar-refractivity contribution in [2.45, 2.75) is 17.7 Å². The maximum absolute atomic E-state index is 13.0. The fourth-order valence-corrected chi connectivity index (χ4v) is 3.01. The molecule has 0 amide bonds. The van der Waals surface area contributed by atoms with Crippen LogP contribution >= 0.6 is 0 Å². The number of halogens is 1. The van der Waals surface area contributed by atoms with Gasteiger partial charge in [0.05, 0.1) is 17.5 Å². The van der Waals surface area contributed by atoms with Crippen molar-refractivity contribution in [2.75, 3.05) is 13.2 Å². The molecule has 8 nitrogen and oxygen atoms in total. The average molecular weight is 434 g/mol. The van der Waals surface area contributed by atoms with Gasteiger partial charge in [0.1, 0.15) is 24.8 Å². The Kier molecular flexibility index (Phi) is 6.80. The molecule has 0 aliphatic rings. The van der Waals surface area contributed by atoms with Crippen molar-refractivity contribution < 1.29 is 31.5 Å². The van der Waals surface area contributed by atoms with Gasteiger partial charge >= 0.3 is 5.97 Å². The monoisotopic (exact) mass is 434 g/mol. The predicted molar refractivity (Wildman–Crippen MR) is 104 cm³/mol. The largest absolute Gasteiger partial charge is 0.490 e. The number of ether oxygens (including phenoxy) is 2. The van der Waals surface area contributed by atoms with Gasteiger partial charge < -0.3 is 13.9 Å². The summed E-state index contributed by atoms with van der Waals surface area (Å²) in [5, 5.41) is 5.02. The third-order valence-corrected chi connectivity index (χ3v) is 4.92. The van der Waals surface area contributed by atoms with Crippen LogP contribution in [0.5, 0.6) is 5.75 Å². The third-order valence-electron chi connectivity index (χ3n) is 3.99. The molecule has 0 aliphatic heterocycles. The minimum absolute atomic E-state index is 0.0181. The minimum Gasteiger partial charge on any atom is -0.490 e. The highest BCUT2D eigenvalue weighted by Crippen LogP contribution is 2.21. The summed E-state index contributed by atoms with van der Waals surface area (Å²) in [6, 6.07) is 11.4. The Bertz CT molecular complexity index is 1100. The number of esters is 1. The Hall–Kier alpha value is -3.24. The number of hydrogen-bond acceptors (Lipinski definition) is 7. The molecule has 2 aromatic carbocycles. The number of aromatic nitrogens is 1. The highest BCUT2D eigenvalue weighted by atomic mass is 32.2. The highest BCUT2D eigenvalue weighted by molar-refractivity contribution is 7.89. The molecule has 0 aliphatic carbocycles. The van der Waals surface area contributed by atoms with Crippen LogP contribution in [-0.2, 0) is 26.0 Å². The molecule has 1 heterocycles. The van der Waals surface area contributed by atoms with Crippen LogP contribution in [0, 0.1) is 5.82 Å². The zero-order valence-electron chi connectivity index (χ0n) is 15.8. The van der Waals surface area contributed by atoms with E-state index in [4.69, 9.17) is 19.0 Å². The highest BCUT2D eigenvalue weighted by Gasteiger charge is 2.11. The molecule has 30 heavy (non-hydrogen) atoms. The van der Waals surface area contributed by atoms with Gasteiger partial charge in [-0.1, -0.05) is 0 Å². The molecule has 3 rings (SSSR count). The summed E-state index contributed by atoms with van der Waals surface area (Å²) in [6.07, 6.45) is 1.85. The topological polar surface area (TPSA) is 122 Å². The number of carbonyl (C=O) groups is 1.